The Bertz CT molecular complexity index is 860. The fraction of sp³-hybridized carbons (Fsp3) is 0.476. The van der Waals surface area contributed by atoms with Crippen molar-refractivity contribution < 1.29 is 24.1 Å². The third kappa shape index (κ3) is 3.98. The molecule has 1 aromatic carbocycles. The number of rotatable bonds is 5. The van der Waals surface area contributed by atoms with Crippen molar-refractivity contribution in [2.24, 2.45) is 11.8 Å². The van der Waals surface area contributed by atoms with Gasteiger partial charge in [-0.3, -0.25) is 0 Å². The number of aliphatic hydroxyl groups excluding tert-OH is 1. The lowest BCUT2D eigenvalue weighted by molar-refractivity contribution is -0.0240. The highest BCUT2D eigenvalue weighted by Gasteiger charge is 2.43. The van der Waals surface area contributed by atoms with E-state index in [2.05, 4.69) is 19.6 Å². The number of esters is 1. The van der Waals surface area contributed by atoms with Gasteiger partial charge in [-0.15, -0.1) is 0 Å². The van der Waals surface area contributed by atoms with Crippen LogP contribution in [-0.2, 0) is 4.74 Å². The molecule has 1 saturated carbocycles. The van der Waals surface area contributed by atoms with Crippen LogP contribution in [-0.4, -0.2) is 60.6 Å². The van der Waals surface area contributed by atoms with Crippen molar-refractivity contribution >= 4 is 11.9 Å². The van der Waals surface area contributed by atoms with E-state index in [1.54, 1.807) is 7.11 Å². The molecule has 2 heterocycles. The predicted octanol–water partition coefficient (Wildman–Crippen LogP) is 1.93. The zero-order valence-corrected chi connectivity index (χ0v) is 16.5. The van der Waals surface area contributed by atoms with Crippen LogP contribution in [0.25, 0.3) is 0 Å². The van der Waals surface area contributed by atoms with Crippen LogP contribution in [0.5, 0.6) is 11.5 Å². The monoisotopic (exact) mass is 399 g/mol. The number of carbonyl (C=O) groups is 1. The number of aliphatic hydroxyl groups is 1. The lowest BCUT2D eigenvalue weighted by Crippen LogP contribution is -2.42. The summed E-state index contributed by atoms with van der Waals surface area (Å²) in [5.41, 5.74) is 0.327. The molecule has 1 aromatic heterocycles. The van der Waals surface area contributed by atoms with Crippen LogP contribution in [0.3, 0.4) is 0 Å². The number of hydrogen-bond donors (Lipinski definition) is 1. The fourth-order valence-corrected chi connectivity index (χ4v) is 4.27. The molecule has 2 aliphatic rings. The lowest BCUT2D eigenvalue weighted by atomic mass is 9.78. The van der Waals surface area contributed by atoms with E-state index in [0.717, 1.165) is 19.5 Å². The fourth-order valence-electron chi connectivity index (χ4n) is 4.27. The van der Waals surface area contributed by atoms with Crippen LogP contribution < -0.4 is 14.4 Å². The minimum Gasteiger partial charge on any atom is -0.493 e. The number of aromatic nitrogens is 2. The second-order valence-corrected chi connectivity index (χ2v) is 7.53. The van der Waals surface area contributed by atoms with E-state index in [4.69, 9.17) is 9.47 Å². The van der Waals surface area contributed by atoms with Crippen LogP contribution in [0.15, 0.2) is 36.7 Å². The molecule has 29 heavy (non-hydrogen) atoms. The van der Waals surface area contributed by atoms with Gasteiger partial charge in [-0.2, -0.15) is 0 Å². The van der Waals surface area contributed by atoms with Crippen molar-refractivity contribution in [2.45, 2.75) is 25.0 Å². The Morgan fingerprint density at radius 3 is 2.38 bits per heavy atom. The number of fused-ring (bicyclic) bond motifs is 1. The van der Waals surface area contributed by atoms with Crippen LogP contribution >= 0.6 is 0 Å². The third-order valence-electron chi connectivity index (χ3n) is 5.77. The SMILES string of the molecule is COC(=O)c1cnc(N2C[C@H]3C[C@@H](Oc4ccccc4OC)[C@H](O)C[C@H]3C2)nc1. The molecule has 2 aromatic rings. The summed E-state index contributed by atoms with van der Waals surface area (Å²) >= 11 is 0. The quantitative estimate of drug-likeness (QED) is 0.763. The van der Waals surface area contributed by atoms with E-state index in [0.29, 0.717) is 41.3 Å². The number of anilines is 1. The standard InChI is InChI=1S/C21H25N3O5/c1-27-17-5-3-4-6-18(17)29-19-8-14-12-24(11-13(14)7-16(19)25)21-22-9-15(10-23-21)20(26)28-2/h3-6,9-10,13-14,16,19,25H,7-8,11-12H2,1-2H3/t13-,14+,16+,19+/m0/s1. The van der Waals surface area contributed by atoms with E-state index in [1.807, 2.05) is 24.3 Å². The maximum atomic E-state index is 11.6. The molecule has 0 amide bonds. The van der Waals surface area contributed by atoms with Crippen LogP contribution in [0, 0.1) is 11.8 Å². The van der Waals surface area contributed by atoms with Gasteiger partial charge in [-0.05, 0) is 36.8 Å². The molecule has 0 unspecified atom stereocenters. The molecule has 1 N–H and O–H groups in total. The lowest BCUT2D eigenvalue weighted by Gasteiger charge is -2.35. The molecule has 154 valence electrons. The Kier molecular flexibility index (Phi) is 5.53. The molecular weight excluding hydrogens is 374 g/mol. The van der Waals surface area contributed by atoms with Crippen molar-refractivity contribution in [1.82, 2.24) is 9.97 Å². The van der Waals surface area contributed by atoms with E-state index in [1.165, 1.54) is 19.5 Å². The maximum Gasteiger partial charge on any atom is 0.341 e. The Labute approximate surface area is 169 Å². The normalized spacial score (nSPS) is 26.0. The molecule has 1 saturated heterocycles. The maximum absolute atomic E-state index is 11.6. The number of carbonyl (C=O) groups excluding carboxylic acids is 1. The summed E-state index contributed by atoms with van der Waals surface area (Å²) in [7, 11) is 2.94. The van der Waals surface area contributed by atoms with Gasteiger partial charge in [0.1, 0.15) is 6.10 Å². The first-order valence-electron chi connectivity index (χ1n) is 9.72. The molecule has 4 atom stereocenters. The van der Waals surface area contributed by atoms with Crippen molar-refractivity contribution in [3.8, 4) is 11.5 Å². The zero-order valence-electron chi connectivity index (χ0n) is 16.5. The third-order valence-corrected chi connectivity index (χ3v) is 5.77. The van der Waals surface area contributed by atoms with Gasteiger partial charge in [0.05, 0.1) is 25.9 Å². The largest absolute Gasteiger partial charge is 0.493 e. The molecule has 0 spiro atoms. The highest BCUT2D eigenvalue weighted by molar-refractivity contribution is 5.88. The molecular formula is C21H25N3O5. The topological polar surface area (TPSA) is 94.0 Å². The van der Waals surface area contributed by atoms with Gasteiger partial charge in [0.2, 0.25) is 5.95 Å². The summed E-state index contributed by atoms with van der Waals surface area (Å²) in [6, 6.07) is 7.48. The number of benzene rings is 1. The Morgan fingerprint density at radius 2 is 1.72 bits per heavy atom. The summed E-state index contributed by atoms with van der Waals surface area (Å²) in [4.78, 5) is 22.3. The van der Waals surface area contributed by atoms with Gasteiger partial charge in [-0.25, -0.2) is 14.8 Å². The Balaban J connectivity index is 1.43. The smallest absolute Gasteiger partial charge is 0.341 e. The molecule has 2 fully saturated rings. The molecule has 4 rings (SSSR count). The molecule has 8 heteroatoms. The highest BCUT2D eigenvalue weighted by Crippen LogP contribution is 2.40. The van der Waals surface area contributed by atoms with Crippen molar-refractivity contribution in [3.63, 3.8) is 0 Å². The first-order valence-corrected chi connectivity index (χ1v) is 9.72. The summed E-state index contributed by atoms with van der Waals surface area (Å²) in [5, 5.41) is 10.7. The summed E-state index contributed by atoms with van der Waals surface area (Å²) in [5.74, 6) is 2.17. The van der Waals surface area contributed by atoms with Gasteiger partial charge in [0, 0.05) is 25.5 Å². The number of ether oxygens (including phenoxy) is 3. The van der Waals surface area contributed by atoms with Crippen LogP contribution in [0.1, 0.15) is 23.2 Å². The zero-order chi connectivity index (χ0) is 20.4. The highest BCUT2D eigenvalue weighted by atomic mass is 16.5. The summed E-state index contributed by atoms with van der Waals surface area (Å²) in [6.07, 6.45) is 3.57. The van der Waals surface area contributed by atoms with Gasteiger partial charge in [-0.1, -0.05) is 12.1 Å². The van der Waals surface area contributed by atoms with Crippen molar-refractivity contribution in [1.29, 1.82) is 0 Å². The molecule has 8 nitrogen and oxygen atoms in total. The van der Waals surface area contributed by atoms with Gasteiger partial charge < -0.3 is 24.2 Å². The first-order chi connectivity index (χ1) is 14.1. The average Bonchev–Trinajstić information content (AvgIpc) is 3.16. The van der Waals surface area contributed by atoms with Gasteiger partial charge >= 0.3 is 5.97 Å². The number of hydrogen-bond acceptors (Lipinski definition) is 8. The van der Waals surface area contributed by atoms with Crippen LogP contribution in [0.4, 0.5) is 5.95 Å². The van der Waals surface area contributed by atoms with E-state index in [9.17, 15) is 9.90 Å². The minimum atomic E-state index is -0.538. The molecule has 0 radical (unpaired) electrons. The first kappa shape index (κ1) is 19.4. The minimum absolute atomic E-state index is 0.282. The second-order valence-electron chi connectivity index (χ2n) is 7.53. The van der Waals surface area contributed by atoms with Crippen molar-refractivity contribution in [2.75, 3.05) is 32.2 Å². The van der Waals surface area contributed by atoms with Crippen LogP contribution in [0.2, 0.25) is 0 Å². The van der Waals surface area contributed by atoms with E-state index >= 15 is 0 Å². The number of nitrogens with zero attached hydrogens (tertiary/aromatic N) is 3. The molecule has 0 bridgehead atoms. The van der Waals surface area contributed by atoms with Gasteiger partial charge in [0.25, 0.3) is 0 Å². The number of methoxy groups -OCH3 is 2. The number of para-hydroxylation sites is 2. The molecule has 1 aliphatic heterocycles. The van der Waals surface area contributed by atoms with Crippen molar-refractivity contribution in [3.05, 3.63) is 42.2 Å². The summed E-state index contributed by atoms with van der Waals surface area (Å²) in [6.45, 7) is 1.57. The average molecular weight is 399 g/mol. The summed E-state index contributed by atoms with van der Waals surface area (Å²) < 4.78 is 16.2. The van der Waals surface area contributed by atoms with E-state index in [-0.39, 0.29) is 6.10 Å². The molecule has 1 aliphatic carbocycles. The van der Waals surface area contributed by atoms with E-state index < -0.39 is 12.1 Å². The Morgan fingerprint density at radius 1 is 1.07 bits per heavy atom. The predicted molar refractivity (Wildman–Crippen MR) is 105 cm³/mol. The Hall–Kier alpha value is -2.87. The second kappa shape index (κ2) is 8.24. The van der Waals surface area contributed by atoms with Gasteiger partial charge in [0.15, 0.2) is 11.5 Å².